The van der Waals surface area contributed by atoms with Gasteiger partial charge in [0, 0.05) is 35.7 Å². The van der Waals surface area contributed by atoms with E-state index in [2.05, 4.69) is 15.3 Å². The van der Waals surface area contributed by atoms with E-state index in [1.54, 1.807) is 12.1 Å². The number of carbonyl (C=O) groups excluding carboxylic acids is 1. The van der Waals surface area contributed by atoms with Crippen molar-refractivity contribution in [2.45, 2.75) is 44.2 Å². The van der Waals surface area contributed by atoms with Gasteiger partial charge in [-0.1, -0.05) is 24.3 Å². The first-order valence-electron chi connectivity index (χ1n) is 8.76. The van der Waals surface area contributed by atoms with Crippen molar-refractivity contribution < 1.29 is 18.0 Å². The van der Waals surface area contributed by atoms with Crippen LogP contribution in [-0.4, -0.2) is 22.4 Å². The van der Waals surface area contributed by atoms with E-state index in [1.165, 1.54) is 0 Å². The summed E-state index contributed by atoms with van der Waals surface area (Å²) in [6, 6.07) is 7.17. The fourth-order valence-corrected chi connectivity index (χ4v) is 3.70. The van der Waals surface area contributed by atoms with Gasteiger partial charge in [-0.3, -0.25) is 4.79 Å². The largest absolute Gasteiger partial charge is 0.433 e. The van der Waals surface area contributed by atoms with Crippen LogP contribution >= 0.6 is 0 Å². The molecule has 4 nitrogen and oxygen atoms in total. The molecule has 2 aliphatic rings. The second-order valence-corrected chi connectivity index (χ2v) is 6.85. The van der Waals surface area contributed by atoms with E-state index in [4.69, 9.17) is 0 Å². The first-order valence-corrected chi connectivity index (χ1v) is 8.76. The van der Waals surface area contributed by atoms with Crippen molar-refractivity contribution in [2.75, 3.05) is 6.54 Å². The number of aromatic nitrogens is 2. The number of carbonyl (C=O) groups is 1. The van der Waals surface area contributed by atoms with Gasteiger partial charge in [-0.25, -0.2) is 9.97 Å². The maximum Gasteiger partial charge on any atom is 0.433 e. The van der Waals surface area contributed by atoms with Crippen molar-refractivity contribution in [1.82, 2.24) is 15.3 Å². The van der Waals surface area contributed by atoms with Crippen molar-refractivity contribution in [3.05, 3.63) is 46.8 Å². The molecule has 0 spiro atoms. The third-order valence-corrected chi connectivity index (χ3v) is 5.07. The standard InChI is InChI=1S/C19H18F3N3O/c20-19(21,22)17-14-3-1-2-4-15(14)24-18(25-17)12-7-5-11(6-8-12)13-9-16(26)23-10-13/h5-8,13H,1-4,9-10H2,(H,23,26). The third kappa shape index (κ3) is 3.18. The fraction of sp³-hybridized carbons (Fsp3) is 0.421. The van der Waals surface area contributed by atoms with E-state index in [0.717, 1.165) is 18.4 Å². The lowest BCUT2D eigenvalue weighted by atomic mass is 9.93. The molecule has 0 radical (unpaired) electrons. The summed E-state index contributed by atoms with van der Waals surface area (Å²) in [5.74, 6) is 0.240. The minimum atomic E-state index is -4.48. The number of amides is 1. The first-order chi connectivity index (χ1) is 12.4. The zero-order chi connectivity index (χ0) is 18.3. The highest BCUT2D eigenvalue weighted by molar-refractivity contribution is 5.79. The van der Waals surface area contributed by atoms with E-state index in [-0.39, 0.29) is 23.2 Å². The predicted molar refractivity (Wildman–Crippen MR) is 89.5 cm³/mol. The van der Waals surface area contributed by atoms with Gasteiger partial charge in [0.1, 0.15) is 0 Å². The summed E-state index contributed by atoms with van der Waals surface area (Å²) in [5.41, 5.74) is 1.51. The van der Waals surface area contributed by atoms with Crippen LogP contribution in [0.5, 0.6) is 0 Å². The molecule has 1 amide bonds. The first kappa shape index (κ1) is 17.0. The van der Waals surface area contributed by atoms with Gasteiger partial charge in [-0.05, 0) is 31.2 Å². The molecule has 2 heterocycles. The van der Waals surface area contributed by atoms with Crippen LogP contribution in [0.1, 0.15) is 47.7 Å². The molecule has 0 bridgehead atoms. The number of rotatable bonds is 2. The quantitative estimate of drug-likeness (QED) is 0.888. The van der Waals surface area contributed by atoms with Crippen molar-refractivity contribution in [3.63, 3.8) is 0 Å². The Bertz CT molecular complexity index is 846. The third-order valence-electron chi connectivity index (χ3n) is 5.07. The van der Waals surface area contributed by atoms with Crippen LogP contribution in [0, 0.1) is 0 Å². The molecule has 1 unspecified atom stereocenters. The second-order valence-electron chi connectivity index (χ2n) is 6.85. The molecule has 4 rings (SSSR count). The molecule has 1 fully saturated rings. The zero-order valence-electron chi connectivity index (χ0n) is 14.1. The molecule has 1 aromatic heterocycles. The number of benzene rings is 1. The van der Waals surface area contributed by atoms with Crippen LogP contribution in [0.2, 0.25) is 0 Å². The molecule has 1 aliphatic carbocycles. The molecule has 1 aliphatic heterocycles. The zero-order valence-corrected chi connectivity index (χ0v) is 14.1. The highest BCUT2D eigenvalue weighted by Crippen LogP contribution is 2.36. The van der Waals surface area contributed by atoms with E-state index >= 15 is 0 Å². The number of nitrogens with one attached hydrogen (secondary N) is 1. The number of hydrogen-bond acceptors (Lipinski definition) is 3. The topological polar surface area (TPSA) is 54.9 Å². The maximum absolute atomic E-state index is 13.4. The van der Waals surface area contributed by atoms with Gasteiger partial charge in [-0.15, -0.1) is 0 Å². The van der Waals surface area contributed by atoms with E-state index in [1.807, 2.05) is 12.1 Å². The van der Waals surface area contributed by atoms with Gasteiger partial charge in [0.05, 0.1) is 0 Å². The van der Waals surface area contributed by atoms with Crippen molar-refractivity contribution in [2.24, 2.45) is 0 Å². The molecule has 7 heteroatoms. The minimum absolute atomic E-state index is 0.0203. The lowest BCUT2D eigenvalue weighted by Crippen LogP contribution is -2.19. The molecule has 2 aromatic rings. The fourth-order valence-electron chi connectivity index (χ4n) is 3.70. The average molecular weight is 361 g/mol. The summed E-state index contributed by atoms with van der Waals surface area (Å²) in [6.07, 6.45) is -1.51. The van der Waals surface area contributed by atoms with Gasteiger partial charge in [0.15, 0.2) is 11.5 Å². The Balaban J connectivity index is 1.70. The van der Waals surface area contributed by atoms with E-state index in [9.17, 15) is 18.0 Å². The average Bonchev–Trinajstić information content (AvgIpc) is 3.06. The second kappa shape index (κ2) is 6.37. The maximum atomic E-state index is 13.4. The SMILES string of the molecule is O=C1CC(c2ccc(-c3nc4c(c(C(F)(F)F)n3)CCCC4)cc2)CN1. The number of halogens is 3. The highest BCUT2D eigenvalue weighted by Gasteiger charge is 2.38. The van der Waals surface area contributed by atoms with Crippen molar-refractivity contribution in [1.29, 1.82) is 0 Å². The van der Waals surface area contributed by atoms with E-state index < -0.39 is 11.9 Å². The summed E-state index contributed by atoms with van der Waals surface area (Å²) >= 11 is 0. The lowest BCUT2D eigenvalue weighted by molar-refractivity contribution is -0.142. The minimum Gasteiger partial charge on any atom is -0.355 e. The summed E-state index contributed by atoms with van der Waals surface area (Å²) < 4.78 is 40.3. The molecule has 1 aromatic carbocycles. The predicted octanol–water partition coefficient (Wildman–Crippen LogP) is 3.64. The van der Waals surface area contributed by atoms with Crippen LogP contribution in [0.3, 0.4) is 0 Å². The molecule has 1 N–H and O–H groups in total. The van der Waals surface area contributed by atoms with Crippen LogP contribution in [-0.2, 0) is 23.8 Å². The number of fused-ring (bicyclic) bond motifs is 1. The monoisotopic (exact) mass is 361 g/mol. The van der Waals surface area contributed by atoms with Crippen molar-refractivity contribution in [3.8, 4) is 11.4 Å². The summed E-state index contributed by atoms with van der Waals surface area (Å²) in [7, 11) is 0. The summed E-state index contributed by atoms with van der Waals surface area (Å²) in [5, 5.41) is 2.78. The normalized spacial score (nSPS) is 20.0. The number of aryl methyl sites for hydroxylation is 1. The van der Waals surface area contributed by atoms with Gasteiger partial charge >= 0.3 is 6.18 Å². The Morgan fingerprint density at radius 1 is 1.04 bits per heavy atom. The van der Waals surface area contributed by atoms with Gasteiger partial charge in [0.25, 0.3) is 0 Å². The Labute approximate surface area is 148 Å². The molecule has 0 saturated carbocycles. The number of nitrogens with zero attached hydrogens (tertiary/aromatic N) is 2. The molecule has 26 heavy (non-hydrogen) atoms. The van der Waals surface area contributed by atoms with E-state index in [0.29, 0.717) is 37.1 Å². The Morgan fingerprint density at radius 2 is 1.77 bits per heavy atom. The molecular formula is C19H18F3N3O. The Hall–Kier alpha value is -2.44. The Morgan fingerprint density at radius 3 is 2.42 bits per heavy atom. The van der Waals surface area contributed by atoms with Crippen LogP contribution in [0.15, 0.2) is 24.3 Å². The number of alkyl halides is 3. The highest BCUT2D eigenvalue weighted by atomic mass is 19.4. The number of hydrogen-bond donors (Lipinski definition) is 1. The molecule has 1 atom stereocenters. The van der Waals surface area contributed by atoms with Crippen LogP contribution in [0.25, 0.3) is 11.4 Å². The summed E-state index contributed by atoms with van der Waals surface area (Å²) in [4.78, 5) is 19.6. The molecule has 1 saturated heterocycles. The van der Waals surface area contributed by atoms with Crippen LogP contribution < -0.4 is 5.32 Å². The molecular weight excluding hydrogens is 343 g/mol. The Kier molecular flexibility index (Phi) is 4.17. The van der Waals surface area contributed by atoms with Crippen molar-refractivity contribution >= 4 is 5.91 Å². The van der Waals surface area contributed by atoms with Gasteiger partial charge in [0.2, 0.25) is 5.91 Å². The van der Waals surface area contributed by atoms with Crippen LogP contribution in [0.4, 0.5) is 13.2 Å². The molecule has 136 valence electrons. The smallest absolute Gasteiger partial charge is 0.355 e. The van der Waals surface area contributed by atoms with Gasteiger partial charge < -0.3 is 5.32 Å². The summed E-state index contributed by atoms with van der Waals surface area (Å²) in [6.45, 7) is 0.589. The van der Waals surface area contributed by atoms with Gasteiger partial charge in [-0.2, -0.15) is 13.2 Å². The lowest BCUT2D eigenvalue weighted by Gasteiger charge is -2.20.